The van der Waals surface area contributed by atoms with Gasteiger partial charge in [-0.1, -0.05) is 6.07 Å². The lowest BCUT2D eigenvalue weighted by molar-refractivity contribution is 0.139. The summed E-state index contributed by atoms with van der Waals surface area (Å²) in [4.78, 5) is 2.46. The van der Waals surface area contributed by atoms with Crippen LogP contribution >= 0.6 is 0 Å². The van der Waals surface area contributed by atoms with Crippen molar-refractivity contribution in [2.45, 2.75) is 25.4 Å². The van der Waals surface area contributed by atoms with Gasteiger partial charge in [-0.25, -0.2) is 0 Å². The Labute approximate surface area is 109 Å². The van der Waals surface area contributed by atoms with Crippen molar-refractivity contribution in [2.24, 2.45) is 0 Å². The van der Waals surface area contributed by atoms with Gasteiger partial charge in [-0.3, -0.25) is 4.90 Å². The third kappa shape index (κ3) is 3.37. The third-order valence-corrected chi connectivity index (χ3v) is 3.33. The minimum absolute atomic E-state index is 0.711. The van der Waals surface area contributed by atoms with E-state index in [9.17, 15) is 0 Å². The molecule has 1 saturated carbocycles. The van der Waals surface area contributed by atoms with Gasteiger partial charge in [-0.2, -0.15) is 0 Å². The van der Waals surface area contributed by atoms with Crippen molar-refractivity contribution < 1.29 is 9.47 Å². The van der Waals surface area contributed by atoms with E-state index in [2.05, 4.69) is 11.0 Å². The monoisotopic (exact) mass is 250 g/mol. The molecule has 0 unspecified atom stereocenters. The number of ether oxygens (including phenoxy) is 2. The zero-order chi connectivity index (χ0) is 13.0. The molecule has 2 rings (SSSR count). The van der Waals surface area contributed by atoms with Gasteiger partial charge in [-0.15, -0.1) is 0 Å². The number of rotatable bonds is 7. The fourth-order valence-corrected chi connectivity index (χ4v) is 2.15. The van der Waals surface area contributed by atoms with Crippen molar-refractivity contribution in [3.8, 4) is 5.75 Å². The van der Waals surface area contributed by atoms with E-state index in [0.29, 0.717) is 6.04 Å². The predicted molar refractivity (Wildman–Crippen MR) is 72.7 cm³/mol. The van der Waals surface area contributed by atoms with E-state index in [4.69, 9.17) is 15.2 Å². The molecule has 0 aromatic heterocycles. The highest BCUT2D eigenvalue weighted by molar-refractivity contribution is 5.48. The van der Waals surface area contributed by atoms with Gasteiger partial charge in [-0.05, 0) is 18.9 Å². The molecule has 0 saturated heterocycles. The Morgan fingerprint density at radius 2 is 2.11 bits per heavy atom. The van der Waals surface area contributed by atoms with Crippen molar-refractivity contribution in [1.82, 2.24) is 4.90 Å². The Bertz CT molecular complexity index is 391. The number of anilines is 1. The standard InChI is InChI=1S/C14H22N2O2/c1-17-8-7-16(13-5-6-13)10-11-3-4-12(15)9-14(11)18-2/h3-4,9,13H,5-8,10,15H2,1-2H3. The zero-order valence-electron chi connectivity index (χ0n) is 11.2. The summed E-state index contributed by atoms with van der Waals surface area (Å²) in [6.07, 6.45) is 2.59. The van der Waals surface area contributed by atoms with Gasteiger partial charge < -0.3 is 15.2 Å². The van der Waals surface area contributed by atoms with Crippen LogP contribution in [-0.4, -0.2) is 38.3 Å². The molecule has 0 aliphatic heterocycles. The van der Waals surface area contributed by atoms with E-state index in [1.54, 1.807) is 14.2 Å². The van der Waals surface area contributed by atoms with Crippen LogP contribution in [-0.2, 0) is 11.3 Å². The van der Waals surface area contributed by atoms with E-state index >= 15 is 0 Å². The minimum Gasteiger partial charge on any atom is -0.496 e. The van der Waals surface area contributed by atoms with Gasteiger partial charge in [0.05, 0.1) is 13.7 Å². The van der Waals surface area contributed by atoms with Gasteiger partial charge in [0.2, 0.25) is 0 Å². The number of hydrogen-bond donors (Lipinski definition) is 1. The number of benzene rings is 1. The van der Waals surface area contributed by atoms with Crippen LogP contribution in [0.3, 0.4) is 0 Å². The number of nitrogen functional groups attached to an aromatic ring is 1. The summed E-state index contributed by atoms with van der Waals surface area (Å²) < 4.78 is 10.6. The quantitative estimate of drug-likeness (QED) is 0.751. The molecule has 1 fully saturated rings. The third-order valence-electron chi connectivity index (χ3n) is 3.33. The lowest BCUT2D eigenvalue weighted by Gasteiger charge is -2.22. The highest BCUT2D eigenvalue weighted by Crippen LogP contribution is 2.30. The molecule has 0 atom stereocenters. The second-order valence-electron chi connectivity index (χ2n) is 4.77. The summed E-state index contributed by atoms with van der Waals surface area (Å²) in [5.41, 5.74) is 7.70. The number of nitrogens with zero attached hydrogens (tertiary/aromatic N) is 1. The summed E-state index contributed by atoms with van der Waals surface area (Å²) in [6.45, 7) is 2.64. The van der Waals surface area contributed by atoms with E-state index < -0.39 is 0 Å². The van der Waals surface area contributed by atoms with Crippen LogP contribution in [0.4, 0.5) is 5.69 Å². The molecule has 0 spiro atoms. The predicted octanol–water partition coefficient (Wildman–Crippen LogP) is 1.89. The van der Waals surface area contributed by atoms with E-state index in [-0.39, 0.29) is 0 Å². The maximum absolute atomic E-state index is 5.77. The van der Waals surface area contributed by atoms with Crippen LogP contribution < -0.4 is 10.5 Å². The largest absolute Gasteiger partial charge is 0.496 e. The topological polar surface area (TPSA) is 47.7 Å². The fourth-order valence-electron chi connectivity index (χ4n) is 2.15. The summed E-state index contributed by atoms with van der Waals surface area (Å²) in [7, 11) is 3.43. The molecule has 1 aliphatic carbocycles. The molecule has 0 radical (unpaired) electrons. The van der Waals surface area contributed by atoms with Gasteiger partial charge in [0, 0.05) is 43.6 Å². The number of nitrogens with two attached hydrogens (primary N) is 1. The molecule has 0 heterocycles. The summed E-state index contributed by atoms with van der Waals surface area (Å²) in [5, 5.41) is 0. The molecule has 1 aliphatic rings. The van der Waals surface area contributed by atoms with E-state index in [1.807, 2.05) is 12.1 Å². The lowest BCUT2D eigenvalue weighted by atomic mass is 10.1. The van der Waals surface area contributed by atoms with Crippen molar-refractivity contribution in [1.29, 1.82) is 0 Å². The number of hydrogen-bond acceptors (Lipinski definition) is 4. The Kier molecular flexibility index (Phi) is 4.44. The first kappa shape index (κ1) is 13.2. The second kappa shape index (κ2) is 6.07. The van der Waals surface area contributed by atoms with Crippen LogP contribution in [0.5, 0.6) is 5.75 Å². The maximum Gasteiger partial charge on any atom is 0.125 e. The van der Waals surface area contributed by atoms with Gasteiger partial charge >= 0.3 is 0 Å². The van der Waals surface area contributed by atoms with Crippen LogP contribution in [0.1, 0.15) is 18.4 Å². The summed E-state index contributed by atoms with van der Waals surface area (Å²) in [5.74, 6) is 0.873. The average Bonchev–Trinajstić information content (AvgIpc) is 3.20. The van der Waals surface area contributed by atoms with Gasteiger partial charge in [0.15, 0.2) is 0 Å². The number of methoxy groups -OCH3 is 2. The highest BCUT2D eigenvalue weighted by Gasteiger charge is 2.29. The first-order valence-electron chi connectivity index (χ1n) is 6.40. The van der Waals surface area contributed by atoms with Crippen molar-refractivity contribution in [3.63, 3.8) is 0 Å². The summed E-state index contributed by atoms with van der Waals surface area (Å²) >= 11 is 0. The minimum atomic E-state index is 0.711. The Morgan fingerprint density at radius 3 is 2.72 bits per heavy atom. The lowest BCUT2D eigenvalue weighted by Crippen LogP contribution is -2.29. The van der Waals surface area contributed by atoms with Gasteiger partial charge in [0.1, 0.15) is 5.75 Å². The SMILES string of the molecule is COCCN(Cc1ccc(N)cc1OC)C1CC1. The molecule has 0 bridgehead atoms. The molecule has 4 heteroatoms. The van der Waals surface area contributed by atoms with Gasteiger partial charge in [0.25, 0.3) is 0 Å². The maximum atomic E-state index is 5.77. The Morgan fingerprint density at radius 1 is 1.33 bits per heavy atom. The molecule has 4 nitrogen and oxygen atoms in total. The summed E-state index contributed by atoms with van der Waals surface area (Å²) in [6, 6.07) is 6.58. The zero-order valence-corrected chi connectivity index (χ0v) is 11.2. The average molecular weight is 250 g/mol. The first-order chi connectivity index (χ1) is 8.74. The smallest absolute Gasteiger partial charge is 0.125 e. The molecule has 100 valence electrons. The molecule has 18 heavy (non-hydrogen) atoms. The molecule has 0 amide bonds. The Hall–Kier alpha value is -1.26. The highest BCUT2D eigenvalue weighted by atomic mass is 16.5. The van der Waals surface area contributed by atoms with Crippen molar-refractivity contribution >= 4 is 5.69 Å². The van der Waals surface area contributed by atoms with Crippen molar-refractivity contribution in [3.05, 3.63) is 23.8 Å². The molecule has 2 N–H and O–H groups in total. The van der Waals surface area contributed by atoms with Crippen LogP contribution in [0.15, 0.2) is 18.2 Å². The molecule has 1 aromatic rings. The normalized spacial score (nSPS) is 15.1. The van der Waals surface area contributed by atoms with E-state index in [1.165, 1.54) is 18.4 Å². The first-order valence-corrected chi connectivity index (χ1v) is 6.40. The molecular weight excluding hydrogens is 228 g/mol. The van der Waals surface area contributed by atoms with Crippen LogP contribution in [0.25, 0.3) is 0 Å². The van der Waals surface area contributed by atoms with Crippen LogP contribution in [0.2, 0.25) is 0 Å². The molecular formula is C14H22N2O2. The second-order valence-corrected chi connectivity index (χ2v) is 4.77. The van der Waals surface area contributed by atoms with E-state index in [0.717, 1.165) is 31.1 Å². The molecule has 1 aromatic carbocycles. The Balaban J connectivity index is 2.05. The van der Waals surface area contributed by atoms with Crippen LogP contribution in [0, 0.1) is 0 Å². The fraction of sp³-hybridized carbons (Fsp3) is 0.571. The van der Waals surface area contributed by atoms with Crippen molar-refractivity contribution in [2.75, 3.05) is 33.1 Å².